The molecule has 0 unspecified atom stereocenters. The van der Waals surface area contributed by atoms with Crippen LogP contribution in [0.1, 0.15) is 40.5 Å². The molecule has 230 valence electrons. The van der Waals surface area contributed by atoms with Gasteiger partial charge in [-0.25, -0.2) is 4.79 Å². The van der Waals surface area contributed by atoms with E-state index in [4.69, 9.17) is 14.2 Å². The standard InChI is InChI=1S/C34H32N4O5S2/c1-22-37-38-34(45-22)44-21-30-19-31(24-12-10-23(20-39)11-13-24)43-32(42-30)25-6-5-7-27(18-25)36-33(40)35-26-14-16-29(17-15-26)41-28-8-3-2-4-9-28/h2-18,30-32,39H,19-21H2,1H3,(H2,35,36,40)/t30-,31+,32+/m1/s1. The highest BCUT2D eigenvalue weighted by atomic mass is 32.2. The van der Waals surface area contributed by atoms with Gasteiger partial charge in [0.05, 0.1) is 18.8 Å². The van der Waals surface area contributed by atoms with Gasteiger partial charge in [0.2, 0.25) is 0 Å². The number of benzene rings is 4. The number of aryl methyl sites for hydroxylation is 1. The summed E-state index contributed by atoms with van der Waals surface area (Å²) in [5.74, 6) is 2.10. The predicted molar refractivity (Wildman–Crippen MR) is 176 cm³/mol. The van der Waals surface area contributed by atoms with Crippen molar-refractivity contribution in [1.29, 1.82) is 0 Å². The second-order valence-electron chi connectivity index (χ2n) is 10.4. The van der Waals surface area contributed by atoms with Crippen molar-refractivity contribution >= 4 is 40.5 Å². The molecule has 0 aliphatic carbocycles. The molecule has 2 amide bonds. The summed E-state index contributed by atoms with van der Waals surface area (Å²) in [5.41, 5.74) is 3.87. The van der Waals surface area contributed by atoms with E-state index in [1.54, 1.807) is 47.4 Å². The lowest BCUT2D eigenvalue weighted by molar-refractivity contribution is -0.245. The number of anilines is 2. The molecule has 1 fully saturated rings. The Kier molecular flexibility index (Phi) is 10.0. The fourth-order valence-corrected chi connectivity index (χ4v) is 6.67. The van der Waals surface area contributed by atoms with Gasteiger partial charge in [-0.2, -0.15) is 0 Å². The minimum Gasteiger partial charge on any atom is -0.457 e. The number of aliphatic hydroxyl groups is 1. The minimum absolute atomic E-state index is 0.0145. The fraction of sp³-hybridized carbons (Fsp3) is 0.206. The van der Waals surface area contributed by atoms with Gasteiger partial charge < -0.3 is 30.0 Å². The number of urea groups is 1. The molecule has 5 aromatic rings. The first-order valence-corrected chi connectivity index (χ1v) is 16.3. The molecule has 1 aliphatic heterocycles. The van der Waals surface area contributed by atoms with Crippen LogP contribution in [0.3, 0.4) is 0 Å². The van der Waals surface area contributed by atoms with Crippen molar-refractivity contribution < 1.29 is 24.1 Å². The van der Waals surface area contributed by atoms with Crippen LogP contribution in [0, 0.1) is 6.92 Å². The third-order valence-electron chi connectivity index (χ3n) is 7.02. The van der Waals surface area contributed by atoms with Crippen molar-refractivity contribution in [2.24, 2.45) is 0 Å². The highest BCUT2D eigenvalue weighted by molar-refractivity contribution is 8.01. The molecule has 0 saturated carbocycles. The zero-order valence-corrected chi connectivity index (χ0v) is 26.1. The number of aromatic nitrogens is 2. The molecular weight excluding hydrogens is 609 g/mol. The predicted octanol–water partition coefficient (Wildman–Crippen LogP) is 8.11. The Bertz CT molecular complexity index is 1700. The van der Waals surface area contributed by atoms with Crippen LogP contribution in [0.5, 0.6) is 11.5 Å². The van der Waals surface area contributed by atoms with Crippen molar-refractivity contribution in [2.75, 3.05) is 16.4 Å². The maximum Gasteiger partial charge on any atom is 0.323 e. The maximum atomic E-state index is 12.9. The van der Waals surface area contributed by atoms with E-state index in [1.807, 2.05) is 85.8 Å². The number of carbonyl (C=O) groups is 1. The van der Waals surface area contributed by atoms with Crippen LogP contribution in [0.2, 0.25) is 0 Å². The molecule has 1 aliphatic rings. The van der Waals surface area contributed by atoms with Gasteiger partial charge in [0.25, 0.3) is 0 Å². The number of hydrogen-bond acceptors (Lipinski definition) is 9. The summed E-state index contributed by atoms with van der Waals surface area (Å²) < 4.78 is 19.6. The van der Waals surface area contributed by atoms with E-state index in [1.165, 1.54) is 0 Å². The van der Waals surface area contributed by atoms with Gasteiger partial charge in [0.1, 0.15) is 16.5 Å². The Hall–Kier alpha value is -4.26. The average Bonchev–Trinajstić information content (AvgIpc) is 3.50. The molecule has 45 heavy (non-hydrogen) atoms. The lowest BCUT2D eigenvalue weighted by Crippen LogP contribution is -2.31. The first kappa shape index (κ1) is 30.8. The lowest BCUT2D eigenvalue weighted by atomic mass is 10.0. The minimum atomic E-state index is -0.648. The summed E-state index contributed by atoms with van der Waals surface area (Å²) in [5, 5.41) is 24.5. The Morgan fingerprint density at radius 3 is 2.38 bits per heavy atom. The lowest BCUT2D eigenvalue weighted by Gasteiger charge is -2.36. The number of nitrogens with zero attached hydrogens (tertiary/aromatic N) is 2. The highest BCUT2D eigenvalue weighted by Crippen LogP contribution is 2.40. The zero-order chi connectivity index (χ0) is 31.0. The van der Waals surface area contributed by atoms with E-state index in [9.17, 15) is 9.90 Å². The van der Waals surface area contributed by atoms with Crippen molar-refractivity contribution in [3.8, 4) is 11.5 Å². The maximum absolute atomic E-state index is 12.9. The number of thioether (sulfide) groups is 1. The number of ether oxygens (including phenoxy) is 3. The summed E-state index contributed by atoms with van der Waals surface area (Å²) in [6.07, 6.45) is -0.318. The smallest absolute Gasteiger partial charge is 0.323 e. The second-order valence-corrected chi connectivity index (χ2v) is 12.8. The van der Waals surface area contributed by atoms with Gasteiger partial charge in [0.15, 0.2) is 10.6 Å². The van der Waals surface area contributed by atoms with Crippen LogP contribution in [-0.2, 0) is 16.1 Å². The number of rotatable bonds is 10. The number of para-hydroxylation sites is 1. The van der Waals surface area contributed by atoms with Crippen molar-refractivity contribution in [2.45, 2.75) is 42.8 Å². The van der Waals surface area contributed by atoms with Crippen molar-refractivity contribution in [3.05, 3.63) is 125 Å². The Balaban J connectivity index is 1.11. The summed E-state index contributed by atoms with van der Waals surface area (Å²) in [7, 11) is 0. The summed E-state index contributed by atoms with van der Waals surface area (Å²) in [6, 6.07) is 31.6. The molecule has 9 nitrogen and oxygen atoms in total. The van der Waals surface area contributed by atoms with Crippen LogP contribution < -0.4 is 15.4 Å². The number of aliphatic hydroxyl groups excluding tert-OH is 1. The highest BCUT2D eigenvalue weighted by Gasteiger charge is 2.32. The molecular formula is C34H32N4O5S2. The Morgan fingerprint density at radius 2 is 1.64 bits per heavy atom. The topological polar surface area (TPSA) is 115 Å². The number of nitrogens with one attached hydrogen (secondary N) is 2. The van der Waals surface area contributed by atoms with Gasteiger partial charge in [-0.3, -0.25) is 0 Å². The molecule has 0 radical (unpaired) electrons. The first-order valence-electron chi connectivity index (χ1n) is 14.5. The monoisotopic (exact) mass is 640 g/mol. The van der Waals surface area contributed by atoms with Gasteiger partial charge in [-0.05, 0) is 66.6 Å². The van der Waals surface area contributed by atoms with Crippen LogP contribution in [-0.4, -0.2) is 33.2 Å². The van der Waals surface area contributed by atoms with Gasteiger partial charge in [0, 0.05) is 29.1 Å². The van der Waals surface area contributed by atoms with Crippen LogP contribution in [0.4, 0.5) is 16.2 Å². The molecule has 3 N–H and O–H groups in total. The van der Waals surface area contributed by atoms with Crippen LogP contribution in [0.25, 0.3) is 0 Å². The van der Waals surface area contributed by atoms with Crippen molar-refractivity contribution in [1.82, 2.24) is 10.2 Å². The average molecular weight is 641 g/mol. The van der Waals surface area contributed by atoms with Crippen LogP contribution >= 0.6 is 23.1 Å². The van der Waals surface area contributed by atoms with E-state index in [0.29, 0.717) is 29.3 Å². The summed E-state index contributed by atoms with van der Waals surface area (Å²) in [6.45, 7) is 1.92. The number of carbonyl (C=O) groups excluding carboxylic acids is 1. The molecule has 1 saturated heterocycles. The summed E-state index contributed by atoms with van der Waals surface area (Å²) >= 11 is 3.18. The Morgan fingerprint density at radius 1 is 0.889 bits per heavy atom. The van der Waals surface area contributed by atoms with Gasteiger partial charge in [-0.1, -0.05) is 77.7 Å². The molecule has 2 heterocycles. The van der Waals surface area contributed by atoms with Crippen molar-refractivity contribution in [3.63, 3.8) is 0 Å². The third-order valence-corrected chi connectivity index (χ3v) is 9.13. The molecule has 11 heteroatoms. The molecule has 1 aromatic heterocycles. The first-order chi connectivity index (χ1) is 22.0. The SMILES string of the molecule is Cc1nnc(SC[C@H]2C[C@@H](c3ccc(CO)cc3)O[C@@H](c3cccc(NC(=O)Nc4ccc(Oc5ccccc5)cc4)c3)O2)s1. The molecule has 6 rings (SSSR count). The Labute approximate surface area is 269 Å². The number of hydrogen-bond donors (Lipinski definition) is 3. The largest absolute Gasteiger partial charge is 0.457 e. The molecule has 4 aromatic carbocycles. The summed E-state index contributed by atoms with van der Waals surface area (Å²) in [4.78, 5) is 12.9. The zero-order valence-electron chi connectivity index (χ0n) is 24.5. The van der Waals surface area contributed by atoms with E-state index in [2.05, 4.69) is 20.8 Å². The van der Waals surface area contributed by atoms with E-state index < -0.39 is 6.29 Å². The second kappa shape index (κ2) is 14.7. The molecule has 0 bridgehead atoms. The number of amides is 2. The van der Waals surface area contributed by atoms with E-state index in [-0.39, 0.29) is 24.8 Å². The van der Waals surface area contributed by atoms with Crippen LogP contribution in [0.15, 0.2) is 107 Å². The van der Waals surface area contributed by atoms with Gasteiger partial charge in [-0.15, -0.1) is 10.2 Å². The molecule has 3 atom stereocenters. The van der Waals surface area contributed by atoms with Gasteiger partial charge >= 0.3 is 6.03 Å². The molecule has 0 spiro atoms. The van der Waals surface area contributed by atoms with E-state index >= 15 is 0 Å². The quantitative estimate of drug-likeness (QED) is 0.131. The third kappa shape index (κ3) is 8.47. The normalized spacial score (nSPS) is 17.9. The van der Waals surface area contributed by atoms with E-state index in [0.717, 1.165) is 31.8 Å². The fourth-order valence-electron chi connectivity index (χ4n) is 4.81.